The Morgan fingerprint density at radius 3 is 2.52 bits per heavy atom. The standard InChI is InChI=1S/C20H20F3N3O2S/c21-20(22,23)14-3-6-17(7-4-14)29(27,28)26-16-5-8-19-18(11-16)13(12-25-19)10-15-2-1-9-24-15/h3-8,11-12,15,24-26H,1-2,9-10H2/t15-/m0/s1. The molecule has 0 saturated carbocycles. The fourth-order valence-electron chi connectivity index (χ4n) is 3.64. The summed E-state index contributed by atoms with van der Waals surface area (Å²) in [6.45, 7) is 1.01. The van der Waals surface area contributed by atoms with Crippen LogP contribution in [0.15, 0.2) is 53.6 Å². The first-order valence-electron chi connectivity index (χ1n) is 9.26. The molecule has 1 fully saturated rings. The zero-order valence-electron chi connectivity index (χ0n) is 15.4. The van der Waals surface area contributed by atoms with E-state index in [1.54, 1.807) is 18.2 Å². The van der Waals surface area contributed by atoms with Gasteiger partial charge in [-0.05, 0) is 73.8 Å². The van der Waals surface area contributed by atoms with Crippen LogP contribution in [0.2, 0.25) is 0 Å². The van der Waals surface area contributed by atoms with E-state index in [0.29, 0.717) is 11.7 Å². The lowest BCUT2D eigenvalue weighted by atomic mass is 10.0. The number of hydrogen-bond donors (Lipinski definition) is 3. The van der Waals surface area contributed by atoms with Crippen molar-refractivity contribution in [3.05, 3.63) is 59.8 Å². The monoisotopic (exact) mass is 423 g/mol. The molecule has 154 valence electrons. The maximum absolute atomic E-state index is 12.7. The van der Waals surface area contributed by atoms with Gasteiger partial charge in [0.05, 0.1) is 10.5 Å². The fraction of sp³-hybridized carbons (Fsp3) is 0.300. The van der Waals surface area contributed by atoms with Gasteiger partial charge in [-0.25, -0.2) is 8.42 Å². The van der Waals surface area contributed by atoms with Gasteiger partial charge < -0.3 is 10.3 Å². The summed E-state index contributed by atoms with van der Waals surface area (Å²) >= 11 is 0. The topological polar surface area (TPSA) is 74.0 Å². The molecule has 2 aromatic carbocycles. The van der Waals surface area contributed by atoms with E-state index in [2.05, 4.69) is 15.0 Å². The SMILES string of the molecule is O=S(=O)(Nc1ccc2[nH]cc(C[C@@H]3CCCN3)c2c1)c1ccc(C(F)(F)F)cc1. The quantitative estimate of drug-likeness (QED) is 0.573. The summed E-state index contributed by atoms with van der Waals surface area (Å²) in [5.41, 5.74) is 1.46. The van der Waals surface area contributed by atoms with Gasteiger partial charge in [0, 0.05) is 28.8 Å². The average Bonchev–Trinajstić information content (AvgIpc) is 3.31. The molecule has 0 unspecified atom stereocenters. The number of sulfonamides is 1. The van der Waals surface area contributed by atoms with Crippen molar-refractivity contribution in [3.8, 4) is 0 Å². The van der Waals surface area contributed by atoms with Crippen molar-refractivity contribution in [2.24, 2.45) is 0 Å². The van der Waals surface area contributed by atoms with Crippen LogP contribution in [0.1, 0.15) is 24.0 Å². The zero-order valence-corrected chi connectivity index (χ0v) is 16.2. The van der Waals surface area contributed by atoms with E-state index in [1.165, 1.54) is 0 Å². The van der Waals surface area contributed by atoms with Gasteiger partial charge in [-0.2, -0.15) is 13.2 Å². The molecule has 1 atom stereocenters. The predicted octanol–water partition coefficient (Wildman–Crippen LogP) is 4.28. The van der Waals surface area contributed by atoms with Crippen LogP contribution in [0, 0.1) is 0 Å². The van der Waals surface area contributed by atoms with Crippen molar-refractivity contribution in [1.82, 2.24) is 10.3 Å². The molecular formula is C20H20F3N3O2S. The van der Waals surface area contributed by atoms with Crippen LogP contribution in [0.25, 0.3) is 10.9 Å². The van der Waals surface area contributed by atoms with E-state index < -0.39 is 21.8 Å². The van der Waals surface area contributed by atoms with Gasteiger partial charge in [0.2, 0.25) is 0 Å². The van der Waals surface area contributed by atoms with E-state index in [9.17, 15) is 21.6 Å². The Bertz CT molecular complexity index is 1120. The molecule has 1 aromatic heterocycles. The highest BCUT2D eigenvalue weighted by Crippen LogP contribution is 2.30. The summed E-state index contributed by atoms with van der Waals surface area (Å²) in [5, 5.41) is 4.37. The zero-order chi connectivity index (χ0) is 20.6. The van der Waals surface area contributed by atoms with Gasteiger partial charge in [0.15, 0.2) is 0 Å². The minimum absolute atomic E-state index is 0.227. The Morgan fingerprint density at radius 2 is 1.86 bits per heavy atom. The van der Waals surface area contributed by atoms with Crippen molar-refractivity contribution in [3.63, 3.8) is 0 Å². The number of fused-ring (bicyclic) bond motifs is 1. The molecule has 1 aliphatic rings. The smallest absolute Gasteiger partial charge is 0.361 e. The number of benzene rings is 2. The van der Waals surface area contributed by atoms with Gasteiger partial charge in [-0.1, -0.05) is 0 Å². The maximum Gasteiger partial charge on any atom is 0.416 e. The normalized spacial score (nSPS) is 17.7. The van der Waals surface area contributed by atoms with E-state index in [-0.39, 0.29) is 4.90 Å². The van der Waals surface area contributed by atoms with E-state index in [0.717, 1.165) is 66.5 Å². The van der Waals surface area contributed by atoms with Crippen LogP contribution in [0.3, 0.4) is 0 Å². The van der Waals surface area contributed by atoms with Gasteiger partial charge in [-0.15, -0.1) is 0 Å². The molecule has 0 bridgehead atoms. The van der Waals surface area contributed by atoms with Gasteiger partial charge >= 0.3 is 6.18 Å². The molecular weight excluding hydrogens is 403 g/mol. The lowest BCUT2D eigenvalue weighted by Crippen LogP contribution is -2.23. The van der Waals surface area contributed by atoms with E-state index in [4.69, 9.17) is 0 Å². The minimum atomic E-state index is -4.51. The second-order valence-electron chi connectivity index (χ2n) is 7.20. The summed E-state index contributed by atoms with van der Waals surface area (Å²) in [7, 11) is -4.00. The number of hydrogen-bond acceptors (Lipinski definition) is 3. The molecule has 0 radical (unpaired) electrons. The second-order valence-corrected chi connectivity index (χ2v) is 8.88. The van der Waals surface area contributed by atoms with Crippen molar-refractivity contribution in [1.29, 1.82) is 0 Å². The number of aromatic nitrogens is 1. The molecule has 1 aliphatic heterocycles. The summed E-state index contributed by atoms with van der Waals surface area (Å²) in [4.78, 5) is 2.97. The third kappa shape index (κ3) is 4.25. The Balaban J connectivity index is 1.57. The highest BCUT2D eigenvalue weighted by Gasteiger charge is 2.30. The van der Waals surface area contributed by atoms with Crippen molar-refractivity contribution in [2.45, 2.75) is 36.4 Å². The largest absolute Gasteiger partial charge is 0.416 e. The molecule has 29 heavy (non-hydrogen) atoms. The first-order chi connectivity index (χ1) is 13.7. The van der Waals surface area contributed by atoms with Crippen molar-refractivity contribution < 1.29 is 21.6 Å². The molecule has 4 rings (SSSR count). The predicted molar refractivity (Wildman–Crippen MR) is 105 cm³/mol. The molecule has 3 N–H and O–H groups in total. The van der Waals surface area contributed by atoms with E-state index >= 15 is 0 Å². The third-order valence-corrected chi connectivity index (χ3v) is 6.54. The summed E-state index contributed by atoms with van der Waals surface area (Å²) in [6.07, 6.45) is 0.506. The molecule has 5 nitrogen and oxygen atoms in total. The molecule has 9 heteroatoms. The van der Waals surface area contributed by atoms with E-state index in [1.807, 2.05) is 6.20 Å². The molecule has 0 spiro atoms. The lowest BCUT2D eigenvalue weighted by Gasteiger charge is -2.11. The van der Waals surface area contributed by atoms with Gasteiger partial charge in [0.25, 0.3) is 10.0 Å². The number of nitrogens with one attached hydrogen (secondary N) is 3. The first-order valence-corrected chi connectivity index (χ1v) is 10.7. The number of aromatic amines is 1. The summed E-state index contributed by atoms with van der Waals surface area (Å²) < 4.78 is 65.7. The Hall–Kier alpha value is -2.52. The Kier molecular flexibility index (Phi) is 5.04. The molecule has 2 heterocycles. The van der Waals surface area contributed by atoms with Crippen LogP contribution < -0.4 is 10.0 Å². The summed E-state index contributed by atoms with van der Waals surface area (Å²) in [5.74, 6) is 0. The van der Waals surface area contributed by atoms with Crippen molar-refractivity contribution in [2.75, 3.05) is 11.3 Å². The number of anilines is 1. The van der Waals surface area contributed by atoms with Crippen molar-refractivity contribution >= 4 is 26.6 Å². The van der Waals surface area contributed by atoms with Gasteiger partial charge in [0.1, 0.15) is 0 Å². The highest BCUT2D eigenvalue weighted by atomic mass is 32.2. The number of H-pyrrole nitrogens is 1. The van der Waals surface area contributed by atoms with Crippen LogP contribution >= 0.6 is 0 Å². The lowest BCUT2D eigenvalue weighted by molar-refractivity contribution is -0.137. The maximum atomic E-state index is 12.7. The third-order valence-electron chi connectivity index (χ3n) is 5.14. The average molecular weight is 423 g/mol. The van der Waals surface area contributed by atoms with Gasteiger partial charge in [-0.3, -0.25) is 4.72 Å². The molecule has 1 saturated heterocycles. The minimum Gasteiger partial charge on any atom is -0.361 e. The fourth-order valence-corrected chi connectivity index (χ4v) is 4.69. The molecule has 3 aromatic rings. The highest BCUT2D eigenvalue weighted by molar-refractivity contribution is 7.92. The van der Waals surface area contributed by atoms with Crippen LogP contribution in [-0.4, -0.2) is 26.0 Å². The Labute approximate surface area is 166 Å². The van der Waals surface area contributed by atoms with Crippen LogP contribution in [0.5, 0.6) is 0 Å². The number of alkyl halides is 3. The van der Waals surface area contributed by atoms with Crippen LogP contribution in [-0.2, 0) is 22.6 Å². The van der Waals surface area contributed by atoms with Crippen LogP contribution in [0.4, 0.5) is 18.9 Å². The second kappa shape index (κ2) is 7.38. The number of rotatable bonds is 5. The number of halogens is 3. The Morgan fingerprint density at radius 1 is 1.10 bits per heavy atom. The summed E-state index contributed by atoms with van der Waals surface area (Å²) in [6, 6.07) is 8.99. The first kappa shape index (κ1) is 19.8. The molecule has 0 aliphatic carbocycles. The molecule has 0 amide bonds.